The summed E-state index contributed by atoms with van der Waals surface area (Å²) in [5.41, 5.74) is 0.988. The summed E-state index contributed by atoms with van der Waals surface area (Å²) in [6.07, 6.45) is 0.982. The molecule has 0 fully saturated rings. The van der Waals surface area contributed by atoms with Crippen molar-refractivity contribution in [2.45, 2.75) is 34.7 Å². The molecule has 0 atom stereocenters. The van der Waals surface area contributed by atoms with Crippen LogP contribution >= 0.6 is 11.8 Å². The van der Waals surface area contributed by atoms with E-state index in [4.69, 9.17) is 9.47 Å². The molecule has 1 amide bonds. The fourth-order valence-electron chi connectivity index (χ4n) is 3.02. The van der Waals surface area contributed by atoms with E-state index in [1.54, 1.807) is 0 Å². The first-order chi connectivity index (χ1) is 16.1. The van der Waals surface area contributed by atoms with Crippen molar-refractivity contribution in [3.63, 3.8) is 0 Å². The molecule has 3 rings (SSSR count). The number of anilines is 1. The van der Waals surface area contributed by atoms with Crippen molar-refractivity contribution in [1.82, 2.24) is 9.97 Å². The maximum atomic E-state index is 12.9. The number of methoxy groups -OCH3 is 2. The van der Waals surface area contributed by atoms with Gasteiger partial charge in [0.25, 0.3) is 5.56 Å². The van der Waals surface area contributed by atoms with Gasteiger partial charge in [0.15, 0.2) is 21.6 Å². The molecule has 0 saturated carbocycles. The van der Waals surface area contributed by atoms with E-state index in [2.05, 4.69) is 29.1 Å². The van der Waals surface area contributed by atoms with Crippen LogP contribution in [-0.4, -0.2) is 44.3 Å². The highest BCUT2D eigenvalue weighted by atomic mass is 32.2. The molecule has 180 valence electrons. The van der Waals surface area contributed by atoms with Crippen molar-refractivity contribution in [3.8, 4) is 11.5 Å². The highest BCUT2D eigenvalue weighted by Gasteiger charge is 2.24. The number of sulfone groups is 1. The van der Waals surface area contributed by atoms with E-state index in [1.165, 1.54) is 32.4 Å². The second kappa shape index (κ2) is 10.7. The summed E-state index contributed by atoms with van der Waals surface area (Å²) in [4.78, 5) is 30.5. The van der Waals surface area contributed by atoms with Gasteiger partial charge < -0.3 is 19.8 Å². The molecule has 0 unspecified atom stereocenters. The van der Waals surface area contributed by atoms with Crippen LogP contribution in [0.3, 0.4) is 0 Å². The van der Waals surface area contributed by atoms with Gasteiger partial charge in [-0.2, -0.15) is 0 Å². The molecule has 1 aromatic heterocycles. The zero-order valence-corrected chi connectivity index (χ0v) is 20.7. The third-order valence-electron chi connectivity index (χ3n) is 4.90. The molecule has 0 aliphatic heterocycles. The number of benzene rings is 2. The van der Waals surface area contributed by atoms with E-state index in [0.29, 0.717) is 17.4 Å². The predicted octanol–water partition coefficient (Wildman–Crippen LogP) is 3.47. The molecule has 34 heavy (non-hydrogen) atoms. The molecular formula is C23H25N3O6S2. The average molecular weight is 504 g/mol. The van der Waals surface area contributed by atoms with E-state index in [1.807, 2.05) is 24.3 Å². The molecule has 1 heterocycles. The van der Waals surface area contributed by atoms with Gasteiger partial charge in [0, 0.05) is 11.8 Å². The monoisotopic (exact) mass is 503 g/mol. The second-order valence-corrected chi connectivity index (χ2v) is 10.4. The Labute approximate surface area is 201 Å². The highest BCUT2D eigenvalue weighted by Crippen LogP contribution is 2.31. The van der Waals surface area contributed by atoms with Crippen LogP contribution in [0.15, 0.2) is 68.4 Å². The van der Waals surface area contributed by atoms with Gasteiger partial charge in [-0.25, -0.2) is 13.4 Å². The largest absolute Gasteiger partial charge is 0.493 e. The Bertz CT molecular complexity index is 1340. The Morgan fingerprint density at radius 3 is 2.35 bits per heavy atom. The van der Waals surface area contributed by atoms with Crippen molar-refractivity contribution >= 4 is 33.2 Å². The lowest BCUT2D eigenvalue weighted by atomic mass is 10.0. The van der Waals surface area contributed by atoms with E-state index in [-0.39, 0.29) is 27.5 Å². The Morgan fingerprint density at radius 2 is 1.76 bits per heavy atom. The van der Waals surface area contributed by atoms with E-state index < -0.39 is 20.3 Å². The average Bonchev–Trinajstić information content (AvgIpc) is 2.82. The number of thioether (sulfide) groups is 1. The van der Waals surface area contributed by atoms with Crippen LogP contribution in [0.25, 0.3) is 0 Å². The standard InChI is InChI=1S/C23H25N3O6S2/c1-14(2)15-5-7-16(8-6-15)25-21(27)13-33-23-24-12-20(22(28)26-23)34(29,30)17-9-10-18(31-3)19(11-17)32-4/h5-12,14H,13H2,1-4H3,(H,25,27)(H,24,26,28). The molecule has 2 N–H and O–H groups in total. The Morgan fingerprint density at radius 1 is 1.09 bits per heavy atom. The van der Waals surface area contributed by atoms with Crippen molar-refractivity contribution in [1.29, 1.82) is 0 Å². The molecule has 11 heteroatoms. The number of ether oxygens (including phenoxy) is 2. The van der Waals surface area contributed by atoms with Crippen molar-refractivity contribution in [2.24, 2.45) is 0 Å². The SMILES string of the molecule is COc1ccc(S(=O)(=O)c2cnc(SCC(=O)Nc3ccc(C(C)C)cc3)[nH]c2=O)cc1OC. The number of hydrogen-bond donors (Lipinski definition) is 2. The summed E-state index contributed by atoms with van der Waals surface area (Å²) >= 11 is 0.986. The summed E-state index contributed by atoms with van der Waals surface area (Å²) in [6.45, 7) is 4.17. The minimum atomic E-state index is -4.16. The summed E-state index contributed by atoms with van der Waals surface area (Å²) in [5.74, 6) is 0.657. The Balaban J connectivity index is 1.70. The van der Waals surface area contributed by atoms with E-state index >= 15 is 0 Å². The normalized spacial score (nSPS) is 11.3. The molecule has 0 radical (unpaired) electrons. The molecule has 3 aromatic rings. The molecule has 0 aliphatic carbocycles. The number of carbonyl (C=O) groups excluding carboxylic acids is 1. The number of rotatable bonds is 9. The fourth-order valence-corrected chi connectivity index (χ4v) is 4.91. The summed E-state index contributed by atoms with van der Waals surface area (Å²) in [6, 6.07) is 11.6. The van der Waals surface area contributed by atoms with Crippen LogP contribution in [0.1, 0.15) is 25.3 Å². The lowest BCUT2D eigenvalue weighted by Gasteiger charge is -2.10. The van der Waals surface area contributed by atoms with Crippen LogP contribution in [0.2, 0.25) is 0 Å². The van der Waals surface area contributed by atoms with Gasteiger partial charge in [-0.1, -0.05) is 37.7 Å². The molecule has 0 saturated heterocycles. The predicted molar refractivity (Wildman–Crippen MR) is 130 cm³/mol. The van der Waals surface area contributed by atoms with E-state index in [0.717, 1.165) is 23.5 Å². The summed E-state index contributed by atoms with van der Waals surface area (Å²) < 4.78 is 36.1. The van der Waals surface area contributed by atoms with Gasteiger partial charge >= 0.3 is 0 Å². The first-order valence-electron chi connectivity index (χ1n) is 10.2. The maximum Gasteiger partial charge on any atom is 0.270 e. The number of nitrogens with zero attached hydrogens (tertiary/aromatic N) is 1. The van der Waals surface area contributed by atoms with Crippen molar-refractivity contribution in [2.75, 3.05) is 25.3 Å². The van der Waals surface area contributed by atoms with Crippen LogP contribution in [0.4, 0.5) is 5.69 Å². The van der Waals surface area contributed by atoms with Gasteiger partial charge in [0.2, 0.25) is 15.7 Å². The van der Waals surface area contributed by atoms with E-state index in [9.17, 15) is 18.0 Å². The topological polar surface area (TPSA) is 127 Å². The third-order valence-corrected chi connectivity index (χ3v) is 7.53. The smallest absolute Gasteiger partial charge is 0.270 e. The summed E-state index contributed by atoms with van der Waals surface area (Å²) in [7, 11) is -1.35. The van der Waals surface area contributed by atoms with Crippen LogP contribution in [0.5, 0.6) is 11.5 Å². The molecular weight excluding hydrogens is 478 g/mol. The lowest BCUT2D eigenvalue weighted by molar-refractivity contribution is -0.113. The minimum absolute atomic E-state index is 0.0172. The quantitative estimate of drug-likeness (QED) is 0.336. The lowest BCUT2D eigenvalue weighted by Crippen LogP contribution is -2.20. The molecule has 9 nitrogen and oxygen atoms in total. The molecule has 0 bridgehead atoms. The molecule has 2 aromatic carbocycles. The highest BCUT2D eigenvalue weighted by molar-refractivity contribution is 7.99. The number of aromatic amines is 1. The maximum absolute atomic E-state index is 12.9. The number of H-pyrrole nitrogens is 1. The van der Waals surface area contributed by atoms with Gasteiger partial charge in [-0.3, -0.25) is 9.59 Å². The molecule has 0 spiro atoms. The van der Waals surface area contributed by atoms with Crippen molar-refractivity contribution < 1.29 is 22.7 Å². The number of carbonyl (C=O) groups is 1. The van der Waals surface area contributed by atoms with Gasteiger partial charge in [-0.15, -0.1) is 0 Å². The van der Waals surface area contributed by atoms with Gasteiger partial charge in [-0.05, 0) is 35.7 Å². The van der Waals surface area contributed by atoms with Gasteiger partial charge in [0.1, 0.15) is 0 Å². The van der Waals surface area contributed by atoms with Crippen molar-refractivity contribution in [3.05, 3.63) is 64.6 Å². The summed E-state index contributed by atoms with van der Waals surface area (Å²) in [5, 5.41) is 2.90. The first kappa shape index (κ1) is 25.3. The number of aromatic nitrogens is 2. The second-order valence-electron chi connectivity index (χ2n) is 7.52. The number of nitrogens with one attached hydrogen (secondary N) is 2. The number of hydrogen-bond acceptors (Lipinski definition) is 8. The van der Waals surface area contributed by atoms with Gasteiger partial charge in [0.05, 0.1) is 31.1 Å². The van der Waals surface area contributed by atoms with Crippen LogP contribution in [-0.2, 0) is 14.6 Å². The zero-order chi connectivity index (χ0) is 24.9. The Hall–Kier alpha value is -3.31. The molecule has 0 aliphatic rings. The van der Waals surface area contributed by atoms with Crippen LogP contribution in [0, 0.1) is 0 Å². The first-order valence-corrected chi connectivity index (χ1v) is 12.7. The fraction of sp³-hybridized carbons (Fsp3) is 0.261. The number of amides is 1. The third kappa shape index (κ3) is 5.78. The minimum Gasteiger partial charge on any atom is -0.493 e. The van der Waals surface area contributed by atoms with Crippen LogP contribution < -0.4 is 20.3 Å². The Kier molecular flexibility index (Phi) is 8.00. The zero-order valence-electron chi connectivity index (χ0n) is 19.1.